The van der Waals surface area contributed by atoms with Crippen LogP contribution in [-0.2, 0) is 9.59 Å². The van der Waals surface area contributed by atoms with Crippen molar-refractivity contribution in [1.29, 1.82) is 0 Å². The van der Waals surface area contributed by atoms with Crippen LogP contribution in [0.15, 0.2) is 60.7 Å². The van der Waals surface area contributed by atoms with Gasteiger partial charge in [0, 0.05) is 48.9 Å². The van der Waals surface area contributed by atoms with Crippen LogP contribution in [0.5, 0.6) is 0 Å². The Bertz CT molecular complexity index is 952. The summed E-state index contributed by atoms with van der Waals surface area (Å²) in [4.78, 5) is 30.4. The van der Waals surface area contributed by atoms with Gasteiger partial charge >= 0.3 is 0 Å². The maximum Gasteiger partial charge on any atom is 0.232 e. The van der Waals surface area contributed by atoms with E-state index >= 15 is 0 Å². The maximum atomic E-state index is 12.8. The van der Waals surface area contributed by atoms with Crippen molar-refractivity contribution < 1.29 is 9.59 Å². The third-order valence-electron chi connectivity index (χ3n) is 7.30. The van der Waals surface area contributed by atoms with Crippen LogP contribution in [0.4, 0.5) is 22.7 Å². The summed E-state index contributed by atoms with van der Waals surface area (Å²) in [7, 11) is 0. The molecule has 1 aliphatic carbocycles. The number of hydrogen-bond acceptors (Lipinski definition) is 4. The predicted molar refractivity (Wildman–Crippen MR) is 138 cm³/mol. The Labute approximate surface area is 202 Å². The maximum absolute atomic E-state index is 12.8. The van der Waals surface area contributed by atoms with Crippen molar-refractivity contribution >= 4 is 34.6 Å². The highest BCUT2D eigenvalue weighted by molar-refractivity contribution is 6.08. The fraction of sp³-hybridized carbons (Fsp3) is 0.429. The molecule has 5 rings (SSSR count). The Kier molecular flexibility index (Phi) is 6.57. The normalized spacial score (nSPS) is 22.3. The molecule has 0 spiro atoms. The lowest BCUT2D eigenvalue weighted by atomic mass is 10.1. The van der Waals surface area contributed by atoms with Gasteiger partial charge in [0.05, 0.1) is 11.8 Å². The highest BCUT2D eigenvalue weighted by Crippen LogP contribution is 2.45. The van der Waals surface area contributed by atoms with Gasteiger partial charge in [-0.1, -0.05) is 12.2 Å². The van der Waals surface area contributed by atoms with E-state index in [0.717, 1.165) is 37.6 Å². The Balaban J connectivity index is 1.13. The highest BCUT2D eigenvalue weighted by Gasteiger charge is 2.52. The van der Waals surface area contributed by atoms with E-state index in [4.69, 9.17) is 0 Å². The molecule has 0 aromatic heterocycles. The molecule has 1 saturated carbocycles. The van der Waals surface area contributed by atoms with Gasteiger partial charge in [0.25, 0.3) is 0 Å². The molecule has 2 amide bonds. The average Bonchev–Trinajstić information content (AvgIpc) is 3.57. The van der Waals surface area contributed by atoms with Crippen molar-refractivity contribution in [3.63, 3.8) is 0 Å². The molecule has 3 aliphatic rings. The first kappa shape index (κ1) is 22.5. The summed E-state index contributed by atoms with van der Waals surface area (Å²) in [6, 6.07) is 16.0. The Morgan fingerprint density at radius 3 is 1.32 bits per heavy atom. The SMILES string of the molecule is C=C1C(C(=O)Nc2ccc(N3CCCCC3)cc2)C1C(=O)Nc1ccc(N2CCCCC2)cc1. The molecular weight excluding hydrogens is 424 g/mol. The molecule has 2 aromatic rings. The second-order valence-corrected chi connectivity index (χ2v) is 9.70. The first-order valence-corrected chi connectivity index (χ1v) is 12.6. The van der Waals surface area contributed by atoms with Crippen molar-refractivity contribution in [2.45, 2.75) is 38.5 Å². The van der Waals surface area contributed by atoms with Gasteiger partial charge in [-0.3, -0.25) is 9.59 Å². The van der Waals surface area contributed by atoms with Gasteiger partial charge in [-0.25, -0.2) is 0 Å². The van der Waals surface area contributed by atoms with E-state index in [1.54, 1.807) is 0 Å². The minimum atomic E-state index is -0.477. The monoisotopic (exact) mass is 458 g/mol. The van der Waals surface area contributed by atoms with Crippen LogP contribution in [0.1, 0.15) is 38.5 Å². The molecule has 2 aliphatic heterocycles. The zero-order chi connectivity index (χ0) is 23.5. The van der Waals surface area contributed by atoms with E-state index in [-0.39, 0.29) is 11.8 Å². The largest absolute Gasteiger partial charge is 0.372 e. The molecule has 6 heteroatoms. The van der Waals surface area contributed by atoms with E-state index in [1.165, 1.54) is 49.9 Å². The molecule has 34 heavy (non-hydrogen) atoms. The minimum Gasteiger partial charge on any atom is -0.372 e. The summed E-state index contributed by atoms with van der Waals surface area (Å²) in [6.45, 7) is 8.33. The Morgan fingerprint density at radius 2 is 0.971 bits per heavy atom. The molecule has 3 fully saturated rings. The number of anilines is 4. The molecule has 6 nitrogen and oxygen atoms in total. The molecule has 0 radical (unpaired) electrons. The third-order valence-corrected chi connectivity index (χ3v) is 7.30. The predicted octanol–water partition coefficient (Wildman–Crippen LogP) is 5.05. The van der Waals surface area contributed by atoms with E-state index in [1.807, 2.05) is 24.3 Å². The molecule has 2 saturated heterocycles. The lowest BCUT2D eigenvalue weighted by Crippen LogP contribution is -2.29. The van der Waals surface area contributed by atoms with Gasteiger partial charge in [-0.05, 0) is 87.1 Å². The van der Waals surface area contributed by atoms with Crippen LogP contribution < -0.4 is 20.4 Å². The van der Waals surface area contributed by atoms with Gasteiger partial charge in [0.2, 0.25) is 11.8 Å². The summed E-state index contributed by atoms with van der Waals surface area (Å²) < 4.78 is 0. The van der Waals surface area contributed by atoms with Crippen LogP contribution in [0.2, 0.25) is 0 Å². The number of benzene rings is 2. The summed E-state index contributed by atoms with van der Waals surface area (Å²) in [5, 5.41) is 5.91. The molecule has 2 N–H and O–H groups in total. The van der Waals surface area contributed by atoms with Crippen LogP contribution in [0.25, 0.3) is 0 Å². The van der Waals surface area contributed by atoms with Crippen molar-refractivity contribution in [3.8, 4) is 0 Å². The summed E-state index contributed by atoms with van der Waals surface area (Å²) in [6.07, 6.45) is 7.52. The Hall–Kier alpha value is -3.28. The molecule has 2 heterocycles. The number of nitrogens with one attached hydrogen (secondary N) is 2. The molecule has 2 aromatic carbocycles. The number of amides is 2. The smallest absolute Gasteiger partial charge is 0.232 e. The second-order valence-electron chi connectivity index (χ2n) is 9.70. The van der Waals surface area contributed by atoms with Crippen molar-refractivity contribution in [3.05, 3.63) is 60.7 Å². The summed E-state index contributed by atoms with van der Waals surface area (Å²) in [5.41, 5.74) is 4.55. The average molecular weight is 459 g/mol. The van der Waals surface area contributed by atoms with Crippen LogP contribution >= 0.6 is 0 Å². The van der Waals surface area contributed by atoms with E-state index < -0.39 is 11.8 Å². The van der Waals surface area contributed by atoms with Gasteiger partial charge in [0.15, 0.2) is 0 Å². The van der Waals surface area contributed by atoms with Crippen LogP contribution in [0, 0.1) is 11.8 Å². The second kappa shape index (κ2) is 9.92. The first-order valence-electron chi connectivity index (χ1n) is 12.6. The van der Waals surface area contributed by atoms with Crippen molar-refractivity contribution in [2.75, 3.05) is 46.6 Å². The highest BCUT2D eigenvalue weighted by atomic mass is 16.2. The van der Waals surface area contributed by atoms with Gasteiger partial charge in [0.1, 0.15) is 0 Å². The van der Waals surface area contributed by atoms with Crippen LogP contribution in [-0.4, -0.2) is 38.0 Å². The van der Waals surface area contributed by atoms with E-state index in [2.05, 4.69) is 51.3 Å². The van der Waals surface area contributed by atoms with Crippen LogP contribution in [0.3, 0.4) is 0 Å². The molecule has 2 unspecified atom stereocenters. The van der Waals surface area contributed by atoms with Crippen molar-refractivity contribution in [2.24, 2.45) is 11.8 Å². The number of rotatable bonds is 6. The van der Waals surface area contributed by atoms with E-state index in [9.17, 15) is 9.59 Å². The summed E-state index contributed by atoms with van der Waals surface area (Å²) in [5.74, 6) is -1.29. The lowest BCUT2D eigenvalue weighted by molar-refractivity contribution is -0.122. The van der Waals surface area contributed by atoms with Gasteiger partial charge in [-0.2, -0.15) is 0 Å². The number of hydrogen-bond donors (Lipinski definition) is 2. The number of carbonyl (C=O) groups excluding carboxylic acids is 2. The molecule has 178 valence electrons. The minimum absolute atomic E-state index is 0.170. The number of carbonyl (C=O) groups is 2. The lowest BCUT2D eigenvalue weighted by Gasteiger charge is -2.28. The Morgan fingerprint density at radius 1 is 0.618 bits per heavy atom. The zero-order valence-corrected chi connectivity index (χ0v) is 19.8. The topological polar surface area (TPSA) is 64.7 Å². The fourth-order valence-electron chi connectivity index (χ4n) is 5.21. The molecule has 2 atom stereocenters. The van der Waals surface area contributed by atoms with Gasteiger partial charge in [-0.15, -0.1) is 0 Å². The first-order chi connectivity index (χ1) is 16.6. The molecule has 0 bridgehead atoms. The zero-order valence-electron chi connectivity index (χ0n) is 19.8. The summed E-state index contributed by atoms with van der Waals surface area (Å²) >= 11 is 0. The van der Waals surface area contributed by atoms with Gasteiger partial charge < -0.3 is 20.4 Å². The third kappa shape index (κ3) is 4.96. The van der Waals surface area contributed by atoms with Crippen molar-refractivity contribution in [1.82, 2.24) is 0 Å². The number of piperidine rings is 2. The quantitative estimate of drug-likeness (QED) is 0.595. The fourth-order valence-corrected chi connectivity index (χ4v) is 5.21. The number of nitrogens with zero attached hydrogens (tertiary/aromatic N) is 2. The van der Waals surface area contributed by atoms with E-state index in [0.29, 0.717) is 5.57 Å². The standard InChI is InChI=1S/C28H34N4O2/c1-20-25(27(33)29-21-8-12-23(13-9-21)31-16-4-2-5-17-31)26(20)28(34)30-22-10-14-24(15-11-22)32-18-6-3-7-19-32/h8-15,25-26H,1-7,16-19H2,(H,29,33)(H,30,34). The molecular formula is C28H34N4O2.